The van der Waals surface area contributed by atoms with E-state index in [9.17, 15) is 14.3 Å². The van der Waals surface area contributed by atoms with Crippen LogP contribution >= 0.6 is 0 Å². The number of benzene rings is 2. The number of aliphatic hydroxyl groups is 1. The number of fused-ring (bicyclic) bond motifs is 1. The summed E-state index contributed by atoms with van der Waals surface area (Å²) in [6, 6.07) is 11.3. The lowest BCUT2D eigenvalue weighted by Crippen LogP contribution is -2.34. The molecule has 0 spiro atoms. The molecule has 108 valence electrons. The molecule has 0 saturated carbocycles. The number of hydrogen-bond donors (Lipinski definition) is 2. The number of carbonyl (C=O) groups excluding carboxylic acids is 1. The zero-order valence-electron chi connectivity index (χ0n) is 11.6. The molecular weight excluding hydrogens is 269 g/mol. The van der Waals surface area contributed by atoms with Gasteiger partial charge in [0, 0.05) is 12.0 Å². The Hall–Kier alpha value is -2.20. The summed E-state index contributed by atoms with van der Waals surface area (Å²) in [6.45, 7) is 1.69. The first kappa shape index (κ1) is 13.8. The largest absolute Gasteiger partial charge is 0.390 e. The van der Waals surface area contributed by atoms with Crippen molar-refractivity contribution in [3.05, 3.63) is 70.5 Å². The van der Waals surface area contributed by atoms with Gasteiger partial charge in [0.1, 0.15) is 5.82 Å². The third-order valence-corrected chi connectivity index (χ3v) is 3.92. The number of nitrogens with one attached hydrogen (secondary N) is 1. The van der Waals surface area contributed by atoms with E-state index in [0.717, 1.165) is 11.1 Å². The molecule has 0 bridgehead atoms. The van der Waals surface area contributed by atoms with Crippen LogP contribution in [0.1, 0.15) is 33.1 Å². The molecule has 1 amide bonds. The minimum Gasteiger partial charge on any atom is -0.390 e. The lowest BCUT2D eigenvalue weighted by Gasteiger charge is -2.18. The number of aryl methyl sites for hydroxylation is 1. The summed E-state index contributed by atoms with van der Waals surface area (Å²) in [7, 11) is 0. The third-order valence-electron chi connectivity index (χ3n) is 3.92. The van der Waals surface area contributed by atoms with Crippen LogP contribution in [0, 0.1) is 12.7 Å². The molecule has 3 nitrogen and oxygen atoms in total. The van der Waals surface area contributed by atoms with Crippen molar-refractivity contribution < 1.29 is 14.3 Å². The number of hydrogen-bond acceptors (Lipinski definition) is 2. The van der Waals surface area contributed by atoms with Crippen molar-refractivity contribution in [2.45, 2.75) is 25.5 Å². The van der Waals surface area contributed by atoms with E-state index in [2.05, 4.69) is 5.32 Å². The Kier molecular flexibility index (Phi) is 3.47. The molecule has 3 rings (SSSR count). The van der Waals surface area contributed by atoms with Crippen molar-refractivity contribution in [2.24, 2.45) is 0 Å². The van der Waals surface area contributed by atoms with Crippen LogP contribution < -0.4 is 5.32 Å². The third kappa shape index (κ3) is 2.54. The molecule has 21 heavy (non-hydrogen) atoms. The van der Waals surface area contributed by atoms with Gasteiger partial charge in [-0.05, 0) is 41.8 Å². The van der Waals surface area contributed by atoms with Crippen LogP contribution in [-0.2, 0) is 6.42 Å². The summed E-state index contributed by atoms with van der Waals surface area (Å²) in [6.07, 6.45) is -0.101. The molecule has 1 aliphatic carbocycles. The number of amides is 1. The molecule has 0 heterocycles. The Balaban J connectivity index is 1.85. The minimum absolute atomic E-state index is 0.298. The van der Waals surface area contributed by atoms with E-state index in [1.165, 1.54) is 18.2 Å². The van der Waals surface area contributed by atoms with E-state index < -0.39 is 12.1 Å². The highest BCUT2D eigenvalue weighted by Crippen LogP contribution is 2.31. The smallest absolute Gasteiger partial charge is 0.252 e. The first-order chi connectivity index (χ1) is 10.1. The molecule has 0 radical (unpaired) electrons. The number of aliphatic hydroxyl groups excluding tert-OH is 1. The predicted octanol–water partition coefficient (Wildman–Crippen LogP) is 2.52. The average Bonchev–Trinajstić information content (AvgIpc) is 2.75. The zero-order valence-corrected chi connectivity index (χ0v) is 11.6. The van der Waals surface area contributed by atoms with Crippen molar-refractivity contribution in [1.29, 1.82) is 0 Å². The number of carbonyl (C=O) groups is 1. The van der Waals surface area contributed by atoms with Crippen LogP contribution in [0.3, 0.4) is 0 Å². The van der Waals surface area contributed by atoms with Crippen LogP contribution in [-0.4, -0.2) is 17.1 Å². The van der Waals surface area contributed by atoms with Crippen LogP contribution in [0.5, 0.6) is 0 Å². The molecule has 0 aromatic heterocycles. The van der Waals surface area contributed by atoms with Crippen molar-refractivity contribution >= 4 is 5.91 Å². The topological polar surface area (TPSA) is 49.3 Å². The quantitative estimate of drug-likeness (QED) is 0.890. The lowest BCUT2D eigenvalue weighted by atomic mass is 10.0. The van der Waals surface area contributed by atoms with Gasteiger partial charge in [-0.3, -0.25) is 4.79 Å². The summed E-state index contributed by atoms with van der Waals surface area (Å²) in [5.74, 6) is -0.663. The first-order valence-corrected chi connectivity index (χ1v) is 6.89. The fraction of sp³-hybridized carbons (Fsp3) is 0.235. The summed E-state index contributed by atoms with van der Waals surface area (Å²) in [5, 5.41) is 13.0. The maximum atomic E-state index is 13.1. The van der Waals surface area contributed by atoms with Crippen molar-refractivity contribution in [3.63, 3.8) is 0 Å². The Bertz CT molecular complexity index is 699. The Morgan fingerprint density at radius 3 is 2.81 bits per heavy atom. The SMILES string of the molecule is Cc1cc(F)ccc1C(=O)N[C@H]1c2ccccc2C[C@H]1O. The van der Waals surface area contributed by atoms with Gasteiger partial charge in [0.25, 0.3) is 5.91 Å². The van der Waals surface area contributed by atoms with Gasteiger partial charge in [-0.25, -0.2) is 4.39 Å². The van der Waals surface area contributed by atoms with Gasteiger partial charge in [0.15, 0.2) is 0 Å². The summed E-state index contributed by atoms with van der Waals surface area (Å²) in [5.41, 5.74) is 2.99. The van der Waals surface area contributed by atoms with E-state index >= 15 is 0 Å². The second-order valence-electron chi connectivity index (χ2n) is 5.38. The van der Waals surface area contributed by atoms with E-state index in [4.69, 9.17) is 0 Å². The molecule has 0 aliphatic heterocycles. The van der Waals surface area contributed by atoms with Gasteiger partial charge >= 0.3 is 0 Å². The lowest BCUT2D eigenvalue weighted by molar-refractivity contribution is 0.0857. The number of rotatable bonds is 2. The molecule has 0 unspecified atom stereocenters. The van der Waals surface area contributed by atoms with Gasteiger partial charge in [0.05, 0.1) is 12.1 Å². The van der Waals surface area contributed by atoms with E-state index in [1.54, 1.807) is 6.92 Å². The zero-order chi connectivity index (χ0) is 15.0. The van der Waals surface area contributed by atoms with E-state index in [1.807, 2.05) is 24.3 Å². The van der Waals surface area contributed by atoms with Crippen LogP contribution in [0.15, 0.2) is 42.5 Å². The number of halogens is 1. The second-order valence-corrected chi connectivity index (χ2v) is 5.38. The molecule has 2 atom stereocenters. The average molecular weight is 285 g/mol. The van der Waals surface area contributed by atoms with Crippen molar-refractivity contribution in [2.75, 3.05) is 0 Å². The molecular formula is C17H16FNO2. The second kappa shape index (κ2) is 5.30. The monoisotopic (exact) mass is 285 g/mol. The van der Waals surface area contributed by atoms with Crippen molar-refractivity contribution in [1.82, 2.24) is 5.32 Å². The molecule has 0 fully saturated rings. The molecule has 4 heteroatoms. The molecule has 2 aromatic rings. The summed E-state index contributed by atoms with van der Waals surface area (Å²) < 4.78 is 13.1. The summed E-state index contributed by atoms with van der Waals surface area (Å²) >= 11 is 0. The van der Waals surface area contributed by atoms with Gasteiger partial charge in [0.2, 0.25) is 0 Å². The molecule has 2 aromatic carbocycles. The Morgan fingerprint density at radius 2 is 2.05 bits per heavy atom. The fourth-order valence-corrected chi connectivity index (χ4v) is 2.85. The normalized spacial score (nSPS) is 20.1. The molecule has 2 N–H and O–H groups in total. The molecule has 0 saturated heterocycles. The van der Waals surface area contributed by atoms with Gasteiger partial charge in [-0.2, -0.15) is 0 Å². The van der Waals surface area contributed by atoms with Crippen LogP contribution in [0.4, 0.5) is 4.39 Å². The highest BCUT2D eigenvalue weighted by atomic mass is 19.1. The van der Waals surface area contributed by atoms with E-state index in [-0.39, 0.29) is 11.7 Å². The maximum Gasteiger partial charge on any atom is 0.252 e. The maximum absolute atomic E-state index is 13.1. The highest BCUT2D eigenvalue weighted by molar-refractivity contribution is 5.96. The fourth-order valence-electron chi connectivity index (χ4n) is 2.85. The van der Waals surface area contributed by atoms with Gasteiger partial charge < -0.3 is 10.4 Å². The van der Waals surface area contributed by atoms with Crippen molar-refractivity contribution in [3.8, 4) is 0 Å². The van der Waals surface area contributed by atoms with Crippen LogP contribution in [0.2, 0.25) is 0 Å². The highest BCUT2D eigenvalue weighted by Gasteiger charge is 2.32. The predicted molar refractivity (Wildman–Crippen MR) is 77.5 cm³/mol. The first-order valence-electron chi connectivity index (χ1n) is 6.89. The minimum atomic E-state index is -0.632. The van der Waals surface area contributed by atoms with Gasteiger partial charge in [-0.1, -0.05) is 24.3 Å². The summed E-state index contributed by atoms with van der Waals surface area (Å²) in [4.78, 5) is 12.3. The Labute approximate surface area is 122 Å². The van der Waals surface area contributed by atoms with Crippen LogP contribution in [0.25, 0.3) is 0 Å². The van der Waals surface area contributed by atoms with E-state index in [0.29, 0.717) is 17.5 Å². The Morgan fingerprint density at radius 1 is 1.29 bits per heavy atom. The molecule has 1 aliphatic rings. The standard InChI is InChI=1S/C17H16FNO2/c1-10-8-12(18)6-7-13(10)17(21)19-16-14-5-3-2-4-11(14)9-15(16)20/h2-8,15-16,20H,9H2,1H3,(H,19,21)/t15-,16+/m1/s1. The van der Waals surface area contributed by atoms with Gasteiger partial charge in [-0.15, -0.1) is 0 Å².